The lowest BCUT2D eigenvalue weighted by Gasteiger charge is -2.27. The van der Waals surface area contributed by atoms with Gasteiger partial charge in [0.1, 0.15) is 5.82 Å². The summed E-state index contributed by atoms with van der Waals surface area (Å²) in [6, 6.07) is 20.7. The van der Waals surface area contributed by atoms with Crippen LogP contribution in [0.5, 0.6) is 0 Å². The number of hydrogen-bond donors (Lipinski definition) is 2. The van der Waals surface area contributed by atoms with E-state index in [0.29, 0.717) is 19.2 Å². The van der Waals surface area contributed by atoms with E-state index in [4.69, 9.17) is 14.7 Å². The molecule has 3 aromatic heterocycles. The first-order valence-electron chi connectivity index (χ1n) is 11.4. The lowest BCUT2D eigenvalue weighted by Crippen LogP contribution is -2.37. The molecule has 2 N–H and O–H groups in total. The molecule has 1 aliphatic rings. The molecule has 0 radical (unpaired) electrons. The number of nitrogens with one attached hydrogen (secondary N) is 2. The van der Waals surface area contributed by atoms with Crippen LogP contribution in [0.25, 0.3) is 33.4 Å². The molecular formula is C26H25N7O. The zero-order valence-electron chi connectivity index (χ0n) is 18.9. The molecule has 2 aromatic carbocycles. The Morgan fingerprint density at radius 3 is 2.56 bits per heavy atom. The predicted octanol–water partition coefficient (Wildman–Crippen LogP) is 4.61. The maximum absolute atomic E-state index is 5.53. The highest BCUT2D eigenvalue weighted by molar-refractivity contribution is 5.84. The Hall–Kier alpha value is -4.17. The molecule has 8 nitrogen and oxygen atoms in total. The summed E-state index contributed by atoms with van der Waals surface area (Å²) in [4.78, 5) is 15.2. The summed E-state index contributed by atoms with van der Waals surface area (Å²) in [7, 11) is 1.95. The van der Waals surface area contributed by atoms with Crippen molar-refractivity contribution in [1.29, 1.82) is 0 Å². The summed E-state index contributed by atoms with van der Waals surface area (Å²) in [5, 5.41) is 8.95. The van der Waals surface area contributed by atoms with Crippen molar-refractivity contribution in [2.75, 3.05) is 36.5 Å². The van der Waals surface area contributed by atoms with E-state index in [-0.39, 0.29) is 0 Å². The molecule has 34 heavy (non-hydrogen) atoms. The third-order valence-electron chi connectivity index (χ3n) is 6.12. The van der Waals surface area contributed by atoms with Crippen molar-refractivity contribution in [3.05, 3.63) is 73.1 Å². The standard InChI is InChI=1S/C26H25N7O/c1-32-24-15-19(4-5-20(24)17-28-32)23-16-25(31-26(30-23)33-11-13-34-14-12-33)29-21-8-6-18(7-9-21)22-3-2-10-27-22/h2-10,15-17,27H,11-14H2,1H3,(H,29,30,31). The molecule has 0 unspecified atom stereocenters. The van der Waals surface area contributed by atoms with Gasteiger partial charge in [0.2, 0.25) is 5.95 Å². The smallest absolute Gasteiger partial charge is 0.228 e. The highest BCUT2D eigenvalue weighted by Gasteiger charge is 2.17. The summed E-state index contributed by atoms with van der Waals surface area (Å²) in [5.74, 6) is 1.46. The van der Waals surface area contributed by atoms with Gasteiger partial charge in [-0.3, -0.25) is 4.68 Å². The number of benzene rings is 2. The Morgan fingerprint density at radius 1 is 0.941 bits per heavy atom. The van der Waals surface area contributed by atoms with Crippen LogP contribution in [0.15, 0.2) is 73.1 Å². The van der Waals surface area contributed by atoms with E-state index in [9.17, 15) is 0 Å². The maximum atomic E-state index is 5.53. The average molecular weight is 452 g/mol. The first-order valence-corrected chi connectivity index (χ1v) is 11.4. The van der Waals surface area contributed by atoms with Gasteiger partial charge in [-0.15, -0.1) is 0 Å². The number of fused-ring (bicyclic) bond motifs is 1. The minimum atomic E-state index is 0.678. The second kappa shape index (κ2) is 8.64. The molecule has 0 bridgehead atoms. The molecular weight excluding hydrogens is 426 g/mol. The molecule has 0 atom stereocenters. The first kappa shape index (κ1) is 20.4. The number of hydrogen-bond acceptors (Lipinski definition) is 6. The van der Waals surface area contributed by atoms with Gasteiger partial charge in [0, 0.05) is 54.7 Å². The number of aromatic amines is 1. The molecule has 1 saturated heterocycles. The Kier molecular flexibility index (Phi) is 5.20. The molecule has 1 fully saturated rings. The second-order valence-corrected chi connectivity index (χ2v) is 8.37. The predicted molar refractivity (Wildman–Crippen MR) is 134 cm³/mol. The zero-order chi connectivity index (χ0) is 22.9. The Balaban J connectivity index is 1.36. The highest BCUT2D eigenvalue weighted by Crippen LogP contribution is 2.28. The molecule has 6 rings (SSSR count). The van der Waals surface area contributed by atoms with Gasteiger partial charge in [-0.2, -0.15) is 10.1 Å². The maximum Gasteiger partial charge on any atom is 0.228 e. The van der Waals surface area contributed by atoms with Crippen molar-refractivity contribution in [2.45, 2.75) is 0 Å². The Morgan fingerprint density at radius 2 is 1.76 bits per heavy atom. The largest absolute Gasteiger partial charge is 0.378 e. The van der Waals surface area contributed by atoms with Gasteiger partial charge in [-0.1, -0.05) is 24.3 Å². The van der Waals surface area contributed by atoms with Crippen LogP contribution >= 0.6 is 0 Å². The zero-order valence-corrected chi connectivity index (χ0v) is 18.9. The fraction of sp³-hybridized carbons (Fsp3) is 0.192. The van der Waals surface area contributed by atoms with E-state index in [1.54, 1.807) is 0 Å². The number of rotatable bonds is 5. The van der Waals surface area contributed by atoms with Crippen LogP contribution in [-0.4, -0.2) is 51.0 Å². The number of nitrogens with zero attached hydrogens (tertiary/aromatic N) is 5. The van der Waals surface area contributed by atoms with Crippen molar-refractivity contribution in [2.24, 2.45) is 7.05 Å². The summed E-state index contributed by atoms with van der Waals surface area (Å²) >= 11 is 0. The van der Waals surface area contributed by atoms with Gasteiger partial charge in [0.15, 0.2) is 0 Å². The van der Waals surface area contributed by atoms with Gasteiger partial charge in [0.05, 0.1) is 30.6 Å². The van der Waals surface area contributed by atoms with Crippen LogP contribution in [0, 0.1) is 0 Å². The van der Waals surface area contributed by atoms with Gasteiger partial charge >= 0.3 is 0 Å². The molecule has 0 spiro atoms. The quantitative estimate of drug-likeness (QED) is 0.406. The third kappa shape index (κ3) is 3.99. The molecule has 8 heteroatoms. The van der Waals surface area contributed by atoms with Gasteiger partial charge in [-0.25, -0.2) is 4.98 Å². The number of H-pyrrole nitrogens is 1. The lowest BCUT2D eigenvalue weighted by molar-refractivity contribution is 0.122. The topological polar surface area (TPSA) is 83.9 Å². The van der Waals surface area contributed by atoms with Crippen LogP contribution in [0.3, 0.4) is 0 Å². The van der Waals surface area contributed by atoms with E-state index in [2.05, 4.69) is 68.8 Å². The molecule has 0 amide bonds. The Bertz CT molecular complexity index is 1420. The van der Waals surface area contributed by atoms with Crippen LogP contribution in [0.4, 0.5) is 17.5 Å². The van der Waals surface area contributed by atoms with Gasteiger partial charge < -0.3 is 19.9 Å². The fourth-order valence-electron chi connectivity index (χ4n) is 4.25. The summed E-state index contributed by atoms with van der Waals surface area (Å²) in [6.45, 7) is 2.90. The van der Waals surface area contributed by atoms with Crippen LogP contribution in [0.1, 0.15) is 0 Å². The number of morpholine rings is 1. The SMILES string of the molecule is Cn1ncc2ccc(-c3cc(Nc4ccc(-c5ccc[nH]5)cc4)nc(N4CCOCC4)n3)cc21. The number of aromatic nitrogens is 5. The molecule has 1 aliphatic heterocycles. The summed E-state index contributed by atoms with van der Waals surface area (Å²) in [6.07, 6.45) is 3.81. The normalized spacial score (nSPS) is 14.0. The molecule has 5 aromatic rings. The van der Waals surface area contributed by atoms with Crippen LogP contribution in [0.2, 0.25) is 0 Å². The van der Waals surface area contributed by atoms with Crippen molar-refractivity contribution in [3.8, 4) is 22.5 Å². The summed E-state index contributed by atoms with van der Waals surface area (Å²) in [5.41, 5.74) is 6.16. The van der Waals surface area contributed by atoms with Gasteiger partial charge in [-0.05, 0) is 35.9 Å². The summed E-state index contributed by atoms with van der Waals surface area (Å²) < 4.78 is 7.41. The van der Waals surface area contributed by atoms with E-state index < -0.39 is 0 Å². The molecule has 170 valence electrons. The van der Waals surface area contributed by atoms with E-state index in [0.717, 1.165) is 58.0 Å². The van der Waals surface area contributed by atoms with Crippen molar-refractivity contribution in [1.82, 2.24) is 24.7 Å². The van der Waals surface area contributed by atoms with E-state index in [1.807, 2.05) is 36.3 Å². The van der Waals surface area contributed by atoms with Crippen LogP contribution < -0.4 is 10.2 Å². The van der Waals surface area contributed by atoms with Gasteiger partial charge in [0.25, 0.3) is 0 Å². The third-order valence-corrected chi connectivity index (χ3v) is 6.12. The van der Waals surface area contributed by atoms with E-state index in [1.165, 1.54) is 0 Å². The molecule has 0 aliphatic carbocycles. The monoisotopic (exact) mass is 451 g/mol. The number of aryl methyl sites for hydroxylation is 1. The fourth-order valence-corrected chi connectivity index (χ4v) is 4.25. The minimum absolute atomic E-state index is 0.678. The Labute approximate surface area is 197 Å². The van der Waals surface area contributed by atoms with Crippen LogP contribution in [-0.2, 0) is 11.8 Å². The number of anilines is 3. The minimum Gasteiger partial charge on any atom is -0.378 e. The van der Waals surface area contributed by atoms with Crippen molar-refractivity contribution in [3.63, 3.8) is 0 Å². The molecule has 0 saturated carbocycles. The first-order chi connectivity index (χ1) is 16.7. The second-order valence-electron chi connectivity index (χ2n) is 8.37. The lowest BCUT2D eigenvalue weighted by atomic mass is 10.1. The van der Waals surface area contributed by atoms with Crippen molar-refractivity contribution >= 4 is 28.4 Å². The molecule has 4 heterocycles. The van der Waals surface area contributed by atoms with E-state index >= 15 is 0 Å². The average Bonchev–Trinajstić information content (AvgIpc) is 3.55. The highest BCUT2D eigenvalue weighted by atomic mass is 16.5. The van der Waals surface area contributed by atoms with Crippen molar-refractivity contribution < 1.29 is 4.74 Å². The number of ether oxygens (including phenoxy) is 1.